The van der Waals surface area contributed by atoms with E-state index in [4.69, 9.17) is 4.98 Å². The first-order valence-corrected chi connectivity index (χ1v) is 12.1. The first-order valence-electron chi connectivity index (χ1n) is 12.1. The molecule has 5 rings (SSSR count). The van der Waals surface area contributed by atoms with Crippen LogP contribution in [0, 0.1) is 5.92 Å². The molecule has 35 heavy (non-hydrogen) atoms. The molecule has 4 aromatic rings. The largest absolute Gasteiger partial charge is 0.345 e. The Bertz CT molecular complexity index is 1360. The molecule has 5 nitrogen and oxygen atoms in total. The topological polar surface area (TPSA) is 62.3 Å². The van der Waals surface area contributed by atoms with Crippen LogP contribution in [0.25, 0.3) is 22.2 Å². The minimum Gasteiger partial charge on any atom is -0.345 e. The van der Waals surface area contributed by atoms with Crippen molar-refractivity contribution in [2.75, 3.05) is 7.05 Å². The number of carbonyl (C=O) groups is 2. The van der Waals surface area contributed by atoms with Crippen LogP contribution in [0.15, 0.2) is 84.9 Å². The summed E-state index contributed by atoms with van der Waals surface area (Å²) in [6.45, 7) is 1.83. The van der Waals surface area contributed by atoms with Gasteiger partial charge in [-0.15, -0.1) is 0 Å². The third kappa shape index (κ3) is 4.80. The van der Waals surface area contributed by atoms with Crippen LogP contribution in [0.3, 0.4) is 0 Å². The normalized spacial score (nSPS) is 13.9. The van der Waals surface area contributed by atoms with Crippen LogP contribution in [-0.4, -0.2) is 28.7 Å². The van der Waals surface area contributed by atoms with Crippen molar-refractivity contribution in [2.45, 2.75) is 32.4 Å². The van der Waals surface area contributed by atoms with Gasteiger partial charge in [-0.25, -0.2) is 4.98 Å². The average molecular weight is 464 g/mol. The number of nitrogens with one attached hydrogen (secondary N) is 1. The molecular weight excluding hydrogens is 434 g/mol. The fraction of sp³-hybridized carbons (Fsp3) is 0.233. The molecule has 5 heteroatoms. The molecule has 1 atom stereocenters. The second kappa shape index (κ2) is 9.71. The second-order valence-electron chi connectivity index (χ2n) is 9.27. The first-order chi connectivity index (χ1) is 17.0. The van der Waals surface area contributed by atoms with E-state index in [9.17, 15) is 9.59 Å². The van der Waals surface area contributed by atoms with Crippen LogP contribution in [0.1, 0.15) is 47.3 Å². The van der Waals surface area contributed by atoms with E-state index in [1.54, 1.807) is 11.9 Å². The van der Waals surface area contributed by atoms with E-state index in [1.165, 1.54) is 6.92 Å². The quantitative estimate of drug-likeness (QED) is 0.379. The van der Waals surface area contributed by atoms with Gasteiger partial charge in [-0.1, -0.05) is 78.9 Å². The highest BCUT2D eigenvalue weighted by Gasteiger charge is 2.34. The first kappa shape index (κ1) is 22.8. The van der Waals surface area contributed by atoms with Gasteiger partial charge in [0.2, 0.25) is 5.91 Å². The molecule has 0 saturated heterocycles. The number of para-hydroxylation sites is 1. The lowest BCUT2D eigenvalue weighted by Gasteiger charge is -2.24. The van der Waals surface area contributed by atoms with Crippen molar-refractivity contribution in [1.29, 1.82) is 0 Å². The number of hydrogen-bond acceptors (Lipinski definition) is 3. The third-order valence-corrected chi connectivity index (χ3v) is 6.74. The summed E-state index contributed by atoms with van der Waals surface area (Å²) in [4.78, 5) is 32.9. The highest BCUT2D eigenvalue weighted by molar-refractivity contribution is 6.09. The zero-order valence-corrected chi connectivity index (χ0v) is 20.1. The Morgan fingerprint density at radius 3 is 2.23 bits per heavy atom. The number of fused-ring (bicyclic) bond motifs is 1. The van der Waals surface area contributed by atoms with Gasteiger partial charge in [0.15, 0.2) is 0 Å². The summed E-state index contributed by atoms with van der Waals surface area (Å²) >= 11 is 0. The predicted octanol–water partition coefficient (Wildman–Crippen LogP) is 5.76. The van der Waals surface area contributed by atoms with Crippen LogP contribution < -0.4 is 5.32 Å². The molecule has 176 valence electrons. The van der Waals surface area contributed by atoms with E-state index in [2.05, 4.69) is 17.4 Å². The van der Waals surface area contributed by atoms with Crippen LogP contribution >= 0.6 is 0 Å². The summed E-state index contributed by atoms with van der Waals surface area (Å²) in [5.41, 5.74) is 4.86. The number of benzene rings is 3. The minimum absolute atomic E-state index is 0.0470. The Balaban J connectivity index is 1.67. The van der Waals surface area contributed by atoms with Crippen molar-refractivity contribution in [1.82, 2.24) is 15.2 Å². The van der Waals surface area contributed by atoms with Crippen molar-refractivity contribution in [3.8, 4) is 11.3 Å². The van der Waals surface area contributed by atoms with E-state index in [0.29, 0.717) is 18.0 Å². The van der Waals surface area contributed by atoms with Gasteiger partial charge in [-0.2, -0.15) is 0 Å². The molecule has 1 aromatic heterocycles. The van der Waals surface area contributed by atoms with Crippen LogP contribution in [-0.2, 0) is 11.3 Å². The van der Waals surface area contributed by atoms with Crippen molar-refractivity contribution in [3.63, 3.8) is 0 Å². The van der Waals surface area contributed by atoms with Crippen molar-refractivity contribution in [3.05, 3.63) is 102 Å². The molecule has 0 spiro atoms. The summed E-state index contributed by atoms with van der Waals surface area (Å²) in [6, 6.07) is 27.7. The van der Waals surface area contributed by atoms with Crippen molar-refractivity contribution in [2.24, 2.45) is 5.92 Å². The van der Waals surface area contributed by atoms with Gasteiger partial charge in [0.05, 0.1) is 22.8 Å². The fourth-order valence-electron chi connectivity index (χ4n) is 4.62. The molecule has 0 unspecified atom stereocenters. The van der Waals surface area contributed by atoms with Crippen molar-refractivity contribution >= 4 is 22.7 Å². The number of pyridine rings is 1. The number of carbonyl (C=O) groups excluding carboxylic acids is 2. The van der Waals surface area contributed by atoms with Crippen LogP contribution in [0.2, 0.25) is 0 Å². The molecule has 1 fully saturated rings. The molecule has 3 aromatic carbocycles. The number of rotatable bonds is 7. The summed E-state index contributed by atoms with van der Waals surface area (Å²) < 4.78 is 0. The molecule has 1 aliphatic carbocycles. The Labute approximate surface area is 205 Å². The molecule has 0 bridgehead atoms. The number of hydrogen-bond donors (Lipinski definition) is 1. The Hall–Kier alpha value is -3.99. The number of nitrogens with zero attached hydrogens (tertiary/aromatic N) is 2. The number of amides is 2. The second-order valence-corrected chi connectivity index (χ2v) is 9.27. The molecule has 1 aliphatic rings. The maximum Gasteiger partial charge on any atom is 0.252 e. The third-order valence-electron chi connectivity index (χ3n) is 6.74. The highest BCUT2D eigenvalue weighted by atomic mass is 16.2. The number of aromatic nitrogens is 1. The van der Waals surface area contributed by atoms with E-state index in [-0.39, 0.29) is 17.9 Å². The monoisotopic (exact) mass is 463 g/mol. The predicted molar refractivity (Wildman–Crippen MR) is 139 cm³/mol. The van der Waals surface area contributed by atoms with Gasteiger partial charge in [-0.05, 0) is 30.4 Å². The summed E-state index contributed by atoms with van der Waals surface area (Å²) in [7, 11) is 1.75. The molecule has 1 N–H and O–H groups in total. The average Bonchev–Trinajstić information content (AvgIpc) is 3.73. The van der Waals surface area contributed by atoms with Gasteiger partial charge in [0, 0.05) is 37.0 Å². The van der Waals surface area contributed by atoms with Crippen LogP contribution in [0.5, 0.6) is 0 Å². The van der Waals surface area contributed by atoms with Crippen molar-refractivity contribution < 1.29 is 9.59 Å². The summed E-state index contributed by atoms with van der Waals surface area (Å²) in [5, 5.41) is 4.15. The molecule has 2 amide bonds. The molecule has 1 heterocycles. The lowest BCUT2D eigenvalue weighted by atomic mass is 9.94. The maximum absolute atomic E-state index is 14.1. The summed E-state index contributed by atoms with van der Waals surface area (Å²) in [5.74, 6) is 0.239. The fourth-order valence-corrected chi connectivity index (χ4v) is 4.62. The molecular formula is C30H29N3O2. The van der Waals surface area contributed by atoms with E-state index in [1.807, 2.05) is 72.8 Å². The van der Waals surface area contributed by atoms with Gasteiger partial charge < -0.3 is 10.2 Å². The van der Waals surface area contributed by atoms with Gasteiger partial charge in [0.1, 0.15) is 0 Å². The van der Waals surface area contributed by atoms with Gasteiger partial charge >= 0.3 is 0 Å². The Kier molecular flexibility index (Phi) is 6.32. The van der Waals surface area contributed by atoms with E-state index in [0.717, 1.165) is 46.1 Å². The SMILES string of the molecule is CC(=O)N(C)Cc1c(-c2ccccc2)nc2ccccc2c1C(=O)N[C@H](c1ccccc1)C1CC1. The van der Waals surface area contributed by atoms with E-state index < -0.39 is 0 Å². The molecule has 0 radical (unpaired) electrons. The van der Waals surface area contributed by atoms with E-state index >= 15 is 0 Å². The maximum atomic E-state index is 14.1. The molecule has 1 saturated carbocycles. The smallest absolute Gasteiger partial charge is 0.252 e. The Morgan fingerprint density at radius 2 is 1.57 bits per heavy atom. The Morgan fingerprint density at radius 1 is 0.943 bits per heavy atom. The van der Waals surface area contributed by atoms with Crippen LogP contribution in [0.4, 0.5) is 0 Å². The zero-order valence-electron chi connectivity index (χ0n) is 20.1. The lowest BCUT2D eigenvalue weighted by molar-refractivity contribution is -0.128. The summed E-state index contributed by atoms with van der Waals surface area (Å²) in [6.07, 6.45) is 2.21. The standard InChI is InChI=1S/C30H29N3O2/c1-20(34)33(2)19-25-27(30(35)32-28(23-17-18-23)21-11-5-3-6-12-21)24-15-9-10-16-26(24)31-29(25)22-13-7-4-8-14-22/h3-16,23,28H,17-19H2,1-2H3,(H,32,35)/t28-/m1/s1. The zero-order chi connectivity index (χ0) is 24.4. The lowest BCUT2D eigenvalue weighted by Crippen LogP contribution is -2.32. The minimum atomic E-state index is -0.131. The van der Waals surface area contributed by atoms with Gasteiger partial charge in [-0.3, -0.25) is 9.59 Å². The highest BCUT2D eigenvalue weighted by Crippen LogP contribution is 2.41. The molecule has 0 aliphatic heterocycles. The van der Waals surface area contributed by atoms with Gasteiger partial charge in [0.25, 0.3) is 5.91 Å².